The molecule has 1 aromatic heterocycles. The Kier molecular flexibility index (Phi) is 4.12. The molecule has 4 nitrogen and oxygen atoms in total. The van der Waals surface area contributed by atoms with Gasteiger partial charge in [-0.3, -0.25) is 4.98 Å². The van der Waals surface area contributed by atoms with Crippen molar-refractivity contribution in [2.45, 2.75) is 20.3 Å². The Morgan fingerprint density at radius 3 is 2.78 bits per heavy atom. The van der Waals surface area contributed by atoms with Gasteiger partial charge in [-0.1, -0.05) is 25.1 Å². The second kappa shape index (κ2) is 6.00. The number of hydrogen-bond donors (Lipinski definition) is 1. The first-order chi connectivity index (χ1) is 8.83. The number of nitrogens with zero attached hydrogens (tertiary/aromatic N) is 2. The van der Waals surface area contributed by atoms with Crippen LogP contribution in [0, 0.1) is 0 Å². The van der Waals surface area contributed by atoms with E-state index in [4.69, 9.17) is 4.74 Å². The lowest BCUT2D eigenvalue weighted by Gasteiger charge is -2.09. The highest BCUT2D eigenvalue weighted by Gasteiger charge is 2.04. The predicted octanol–water partition coefficient (Wildman–Crippen LogP) is 3.26. The van der Waals surface area contributed by atoms with Gasteiger partial charge in [0.2, 0.25) is 5.88 Å². The van der Waals surface area contributed by atoms with Gasteiger partial charge in [0.05, 0.1) is 12.4 Å². The molecule has 0 fully saturated rings. The third-order valence-corrected chi connectivity index (χ3v) is 2.54. The molecule has 0 bridgehead atoms. The van der Waals surface area contributed by atoms with Crippen molar-refractivity contribution in [1.29, 1.82) is 0 Å². The van der Waals surface area contributed by atoms with Crippen LogP contribution in [0.5, 0.6) is 11.6 Å². The van der Waals surface area contributed by atoms with E-state index in [1.165, 1.54) is 0 Å². The lowest BCUT2D eigenvalue weighted by molar-refractivity contribution is 0.455. The molecule has 0 saturated heterocycles. The van der Waals surface area contributed by atoms with Gasteiger partial charge in [-0.2, -0.15) is 4.98 Å². The van der Waals surface area contributed by atoms with Crippen molar-refractivity contribution in [2.75, 3.05) is 11.9 Å². The first-order valence-corrected chi connectivity index (χ1v) is 6.15. The number of rotatable bonds is 5. The summed E-state index contributed by atoms with van der Waals surface area (Å²) in [5, 5.41) is 3.11. The van der Waals surface area contributed by atoms with Crippen molar-refractivity contribution < 1.29 is 4.74 Å². The van der Waals surface area contributed by atoms with Crippen molar-refractivity contribution in [3.05, 3.63) is 42.2 Å². The van der Waals surface area contributed by atoms with E-state index in [1.807, 2.05) is 25.1 Å². The lowest BCUT2D eigenvalue weighted by Crippen LogP contribution is -2.01. The number of aromatic nitrogens is 2. The average molecular weight is 243 g/mol. The van der Waals surface area contributed by atoms with Gasteiger partial charge < -0.3 is 10.1 Å². The Bertz CT molecular complexity index is 514. The van der Waals surface area contributed by atoms with Crippen molar-refractivity contribution >= 4 is 5.82 Å². The summed E-state index contributed by atoms with van der Waals surface area (Å²) in [5.74, 6) is 2.07. The van der Waals surface area contributed by atoms with Crippen LogP contribution < -0.4 is 10.1 Å². The molecule has 0 aliphatic carbocycles. The number of aryl methyl sites for hydroxylation is 1. The molecule has 0 atom stereocenters. The maximum absolute atomic E-state index is 5.77. The molecule has 0 aliphatic rings. The van der Waals surface area contributed by atoms with Crippen molar-refractivity contribution in [3.63, 3.8) is 0 Å². The van der Waals surface area contributed by atoms with E-state index in [0.717, 1.165) is 30.1 Å². The van der Waals surface area contributed by atoms with Crippen molar-refractivity contribution in [1.82, 2.24) is 9.97 Å². The quantitative estimate of drug-likeness (QED) is 0.875. The minimum absolute atomic E-state index is 0.509. The van der Waals surface area contributed by atoms with Crippen LogP contribution >= 0.6 is 0 Å². The summed E-state index contributed by atoms with van der Waals surface area (Å²) in [4.78, 5) is 8.44. The molecule has 0 unspecified atom stereocenters. The summed E-state index contributed by atoms with van der Waals surface area (Å²) in [7, 11) is 0. The molecule has 0 spiro atoms. The lowest BCUT2D eigenvalue weighted by atomic mass is 10.1. The minimum Gasteiger partial charge on any atom is -0.437 e. The number of hydrogen-bond acceptors (Lipinski definition) is 4. The van der Waals surface area contributed by atoms with Gasteiger partial charge in [0.25, 0.3) is 0 Å². The summed E-state index contributed by atoms with van der Waals surface area (Å²) in [6, 6.07) is 7.96. The van der Waals surface area contributed by atoms with Gasteiger partial charge >= 0.3 is 0 Å². The van der Waals surface area contributed by atoms with Gasteiger partial charge in [0.15, 0.2) is 0 Å². The molecular formula is C14H17N3O. The summed E-state index contributed by atoms with van der Waals surface area (Å²) in [5.41, 5.74) is 1.16. The van der Waals surface area contributed by atoms with E-state index >= 15 is 0 Å². The fraction of sp³-hybridized carbons (Fsp3) is 0.286. The first kappa shape index (κ1) is 12.4. The maximum Gasteiger partial charge on any atom is 0.239 e. The summed E-state index contributed by atoms with van der Waals surface area (Å²) < 4.78 is 5.77. The van der Waals surface area contributed by atoms with E-state index in [0.29, 0.717) is 5.88 Å². The SMILES string of the molecule is CCNc1cncc(Oc2ccccc2CC)n1. The van der Waals surface area contributed by atoms with E-state index < -0.39 is 0 Å². The molecule has 0 aliphatic heterocycles. The van der Waals surface area contributed by atoms with Gasteiger partial charge in [-0.25, -0.2) is 0 Å². The molecule has 94 valence electrons. The molecule has 2 rings (SSSR count). The van der Waals surface area contributed by atoms with E-state index in [-0.39, 0.29) is 0 Å². The number of para-hydroxylation sites is 1. The first-order valence-electron chi connectivity index (χ1n) is 6.15. The number of benzene rings is 1. The molecule has 0 radical (unpaired) electrons. The molecule has 1 aromatic carbocycles. The molecule has 18 heavy (non-hydrogen) atoms. The van der Waals surface area contributed by atoms with Gasteiger partial charge in [0.1, 0.15) is 11.6 Å². The van der Waals surface area contributed by atoms with Crippen LogP contribution in [0.1, 0.15) is 19.4 Å². The van der Waals surface area contributed by atoms with E-state index in [9.17, 15) is 0 Å². The van der Waals surface area contributed by atoms with Crippen molar-refractivity contribution in [3.8, 4) is 11.6 Å². The van der Waals surface area contributed by atoms with Crippen LogP contribution in [0.15, 0.2) is 36.7 Å². The zero-order valence-electron chi connectivity index (χ0n) is 10.7. The number of anilines is 1. The van der Waals surface area contributed by atoms with E-state index in [1.54, 1.807) is 12.4 Å². The number of ether oxygens (including phenoxy) is 1. The normalized spacial score (nSPS) is 10.1. The van der Waals surface area contributed by atoms with Crippen LogP contribution in [-0.4, -0.2) is 16.5 Å². The molecule has 1 N–H and O–H groups in total. The predicted molar refractivity (Wildman–Crippen MR) is 72.1 cm³/mol. The smallest absolute Gasteiger partial charge is 0.239 e. The van der Waals surface area contributed by atoms with Crippen LogP contribution in [0.2, 0.25) is 0 Å². The molecular weight excluding hydrogens is 226 g/mol. The van der Waals surface area contributed by atoms with Crippen LogP contribution in [0.3, 0.4) is 0 Å². The zero-order valence-corrected chi connectivity index (χ0v) is 10.7. The maximum atomic E-state index is 5.77. The second-order valence-electron chi connectivity index (χ2n) is 3.84. The van der Waals surface area contributed by atoms with Gasteiger partial charge in [-0.15, -0.1) is 0 Å². The highest BCUT2D eigenvalue weighted by molar-refractivity contribution is 5.38. The van der Waals surface area contributed by atoms with Gasteiger partial charge in [0, 0.05) is 6.54 Å². The summed E-state index contributed by atoms with van der Waals surface area (Å²) in [6.45, 7) is 4.92. The standard InChI is InChI=1S/C14H17N3O/c1-3-11-7-5-6-8-12(11)18-14-10-15-9-13(17-14)16-4-2/h5-10H,3-4H2,1-2H3,(H,16,17). The highest BCUT2D eigenvalue weighted by atomic mass is 16.5. The second-order valence-corrected chi connectivity index (χ2v) is 3.84. The Labute approximate surface area is 107 Å². The summed E-state index contributed by atoms with van der Waals surface area (Å²) >= 11 is 0. The van der Waals surface area contributed by atoms with Gasteiger partial charge in [-0.05, 0) is 25.0 Å². The fourth-order valence-electron chi connectivity index (χ4n) is 1.67. The van der Waals surface area contributed by atoms with Crippen LogP contribution in [0.25, 0.3) is 0 Å². The molecule has 2 aromatic rings. The fourth-order valence-corrected chi connectivity index (χ4v) is 1.67. The Morgan fingerprint density at radius 1 is 1.17 bits per heavy atom. The highest BCUT2D eigenvalue weighted by Crippen LogP contribution is 2.24. The minimum atomic E-state index is 0.509. The molecule has 4 heteroatoms. The topological polar surface area (TPSA) is 47.0 Å². The zero-order chi connectivity index (χ0) is 12.8. The monoisotopic (exact) mass is 243 g/mol. The summed E-state index contributed by atoms with van der Waals surface area (Å²) in [6.07, 6.45) is 4.23. The largest absolute Gasteiger partial charge is 0.437 e. The van der Waals surface area contributed by atoms with Crippen molar-refractivity contribution in [2.24, 2.45) is 0 Å². The Morgan fingerprint density at radius 2 is 2.00 bits per heavy atom. The van der Waals surface area contributed by atoms with E-state index in [2.05, 4.69) is 28.3 Å². The number of nitrogens with one attached hydrogen (secondary N) is 1. The Balaban J connectivity index is 2.20. The average Bonchev–Trinajstić information content (AvgIpc) is 2.40. The third kappa shape index (κ3) is 2.97. The molecule has 0 amide bonds. The Hall–Kier alpha value is -2.10. The third-order valence-electron chi connectivity index (χ3n) is 2.54. The van der Waals surface area contributed by atoms with Crippen LogP contribution in [0.4, 0.5) is 5.82 Å². The molecule has 0 saturated carbocycles. The molecule has 1 heterocycles. The van der Waals surface area contributed by atoms with Crippen LogP contribution in [-0.2, 0) is 6.42 Å².